The van der Waals surface area contributed by atoms with Crippen LogP contribution in [0.25, 0.3) is 10.9 Å². The molecule has 2 unspecified atom stereocenters. The molecule has 4 rings (SSSR count). The smallest absolute Gasteiger partial charge is 0.356 e. The molecule has 1 aliphatic heterocycles. The molecule has 34 heavy (non-hydrogen) atoms. The van der Waals surface area contributed by atoms with Gasteiger partial charge in [-0.05, 0) is 44.2 Å². The first kappa shape index (κ1) is 23.9. The Bertz CT molecular complexity index is 1210. The van der Waals surface area contributed by atoms with Crippen LogP contribution in [0, 0.1) is 0 Å². The van der Waals surface area contributed by atoms with Crippen LogP contribution in [-0.4, -0.2) is 67.7 Å². The number of anilines is 2. The molecule has 3 aromatic rings. The molecule has 2 aromatic carbocycles. The van der Waals surface area contributed by atoms with Crippen molar-refractivity contribution in [1.29, 1.82) is 0 Å². The molecule has 0 saturated carbocycles. The number of rotatable bonds is 6. The first-order valence-electron chi connectivity index (χ1n) is 11.2. The van der Waals surface area contributed by atoms with Gasteiger partial charge in [0.2, 0.25) is 5.91 Å². The Labute approximate surface area is 203 Å². The summed E-state index contributed by atoms with van der Waals surface area (Å²) in [5.74, 6) is 0.0592. The first-order valence-corrected chi connectivity index (χ1v) is 11.5. The first-order chi connectivity index (χ1) is 16.3. The van der Waals surface area contributed by atoms with Gasteiger partial charge in [-0.25, -0.2) is 4.79 Å². The van der Waals surface area contributed by atoms with Crippen molar-refractivity contribution in [3.05, 3.63) is 53.2 Å². The van der Waals surface area contributed by atoms with E-state index in [2.05, 4.69) is 33.1 Å². The highest BCUT2D eigenvalue weighted by atomic mass is 35.5. The molecule has 1 saturated heterocycles. The molecule has 2 heterocycles. The number of methoxy groups -OCH3 is 2. The molecule has 2 atom stereocenters. The highest BCUT2D eigenvalue weighted by Crippen LogP contribution is 2.31. The number of hydrogen-bond acceptors (Lipinski definition) is 6. The highest BCUT2D eigenvalue weighted by Gasteiger charge is 2.31. The van der Waals surface area contributed by atoms with Crippen LogP contribution in [0.3, 0.4) is 0 Å². The standard InChI is InChI=1S/C25H29ClN4O4/c1-15-14-29(10-11-30(15)18-6-5-7-19(13-18)33-3)16(2)24(31)28-22-20-12-17(26)8-9-21(20)27-23(22)25(32)34-4/h5-9,12-13,15-16,27H,10-11,14H2,1-4H3,(H,28,31). The van der Waals surface area contributed by atoms with Crippen molar-refractivity contribution in [1.82, 2.24) is 9.88 Å². The van der Waals surface area contributed by atoms with Gasteiger partial charge in [0, 0.05) is 53.4 Å². The summed E-state index contributed by atoms with van der Waals surface area (Å²) in [4.78, 5) is 33.1. The van der Waals surface area contributed by atoms with Crippen molar-refractivity contribution < 1.29 is 19.1 Å². The number of carbonyl (C=O) groups excluding carboxylic acids is 2. The van der Waals surface area contributed by atoms with Gasteiger partial charge in [0.15, 0.2) is 0 Å². The maximum absolute atomic E-state index is 13.3. The third-order valence-electron chi connectivity index (χ3n) is 6.37. The van der Waals surface area contributed by atoms with Gasteiger partial charge in [-0.1, -0.05) is 17.7 Å². The number of hydrogen-bond donors (Lipinski definition) is 2. The van der Waals surface area contributed by atoms with Crippen molar-refractivity contribution in [2.75, 3.05) is 44.1 Å². The summed E-state index contributed by atoms with van der Waals surface area (Å²) in [5.41, 5.74) is 2.36. The summed E-state index contributed by atoms with van der Waals surface area (Å²) in [6.07, 6.45) is 0. The third kappa shape index (κ3) is 4.69. The van der Waals surface area contributed by atoms with Crippen LogP contribution in [0.15, 0.2) is 42.5 Å². The molecule has 1 amide bonds. The minimum absolute atomic E-state index is 0.191. The summed E-state index contributed by atoms with van der Waals surface area (Å²) in [7, 11) is 2.96. The molecular weight excluding hydrogens is 456 g/mol. The zero-order valence-electron chi connectivity index (χ0n) is 19.7. The average Bonchev–Trinajstić information content (AvgIpc) is 3.20. The second-order valence-electron chi connectivity index (χ2n) is 8.46. The van der Waals surface area contributed by atoms with Crippen molar-refractivity contribution in [3.63, 3.8) is 0 Å². The van der Waals surface area contributed by atoms with E-state index in [1.54, 1.807) is 25.3 Å². The average molecular weight is 485 g/mol. The van der Waals surface area contributed by atoms with Gasteiger partial charge in [0.25, 0.3) is 0 Å². The van der Waals surface area contributed by atoms with E-state index in [4.69, 9.17) is 21.1 Å². The van der Waals surface area contributed by atoms with Crippen molar-refractivity contribution in [2.24, 2.45) is 0 Å². The second kappa shape index (κ2) is 9.95. The van der Waals surface area contributed by atoms with E-state index >= 15 is 0 Å². The molecule has 9 heteroatoms. The van der Waals surface area contributed by atoms with E-state index in [-0.39, 0.29) is 17.6 Å². The number of H-pyrrole nitrogens is 1. The number of aromatic amines is 1. The van der Waals surface area contributed by atoms with E-state index in [0.717, 1.165) is 31.1 Å². The third-order valence-corrected chi connectivity index (χ3v) is 6.60. The maximum atomic E-state index is 13.3. The fraction of sp³-hybridized carbons (Fsp3) is 0.360. The number of nitrogens with zero attached hydrogens (tertiary/aromatic N) is 2. The van der Waals surface area contributed by atoms with Crippen LogP contribution >= 0.6 is 11.6 Å². The number of esters is 1. The lowest BCUT2D eigenvalue weighted by atomic mass is 10.1. The molecule has 1 fully saturated rings. The topological polar surface area (TPSA) is 86.9 Å². The summed E-state index contributed by atoms with van der Waals surface area (Å²) in [6, 6.07) is 13.0. The number of halogens is 1. The van der Waals surface area contributed by atoms with E-state index in [0.29, 0.717) is 21.6 Å². The largest absolute Gasteiger partial charge is 0.497 e. The summed E-state index contributed by atoms with van der Waals surface area (Å²) >= 11 is 6.17. The number of aromatic nitrogens is 1. The minimum atomic E-state index is -0.559. The summed E-state index contributed by atoms with van der Waals surface area (Å²) < 4.78 is 10.3. The second-order valence-corrected chi connectivity index (χ2v) is 8.90. The molecule has 1 aliphatic rings. The summed E-state index contributed by atoms with van der Waals surface area (Å²) in [6.45, 7) is 6.24. The lowest BCUT2D eigenvalue weighted by Gasteiger charge is -2.43. The normalized spacial score (nSPS) is 17.4. The molecule has 2 N–H and O–H groups in total. The molecule has 8 nitrogen and oxygen atoms in total. The Hall–Kier alpha value is -3.23. The van der Waals surface area contributed by atoms with Crippen LogP contribution in [0.2, 0.25) is 5.02 Å². The number of benzene rings is 2. The zero-order chi connectivity index (χ0) is 24.4. The Morgan fingerprint density at radius 3 is 2.68 bits per heavy atom. The van der Waals surface area contributed by atoms with Crippen LogP contribution in [-0.2, 0) is 9.53 Å². The Morgan fingerprint density at radius 2 is 1.97 bits per heavy atom. The Balaban J connectivity index is 1.50. The van der Waals surface area contributed by atoms with Crippen LogP contribution < -0.4 is 15.0 Å². The monoisotopic (exact) mass is 484 g/mol. The predicted molar refractivity (Wildman–Crippen MR) is 134 cm³/mol. The van der Waals surface area contributed by atoms with Crippen LogP contribution in [0.5, 0.6) is 5.75 Å². The fourth-order valence-electron chi connectivity index (χ4n) is 4.45. The molecule has 180 valence electrons. The van der Waals surface area contributed by atoms with Gasteiger partial charge >= 0.3 is 5.97 Å². The number of carbonyl (C=O) groups is 2. The van der Waals surface area contributed by atoms with E-state index in [9.17, 15) is 9.59 Å². The molecule has 0 radical (unpaired) electrons. The van der Waals surface area contributed by atoms with Crippen molar-refractivity contribution >= 4 is 45.8 Å². The fourth-order valence-corrected chi connectivity index (χ4v) is 4.62. The van der Waals surface area contributed by atoms with Crippen molar-refractivity contribution in [3.8, 4) is 5.75 Å². The number of amides is 1. The predicted octanol–water partition coefficient (Wildman–Crippen LogP) is 4.15. The lowest BCUT2D eigenvalue weighted by Crippen LogP contribution is -2.56. The molecule has 0 bridgehead atoms. The van der Waals surface area contributed by atoms with E-state index < -0.39 is 12.0 Å². The maximum Gasteiger partial charge on any atom is 0.356 e. The van der Waals surface area contributed by atoms with Crippen LogP contribution in [0.1, 0.15) is 24.3 Å². The van der Waals surface area contributed by atoms with E-state index in [1.807, 2.05) is 25.1 Å². The summed E-state index contributed by atoms with van der Waals surface area (Å²) in [5, 5.41) is 4.11. The lowest BCUT2D eigenvalue weighted by molar-refractivity contribution is -0.121. The van der Waals surface area contributed by atoms with Gasteiger partial charge in [-0.15, -0.1) is 0 Å². The zero-order valence-corrected chi connectivity index (χ0v) is 20.5. The van der Waals surface area contributed by atoms with Crippen LogP contribution in [0.4, 0.5) is 11.4 Å². The van der Waals surface area contributed by atoms with Gasteiger partial charge in [0.05, 0.1) is 25.9 Å². The molecule has 1 aromatic heterocycles. The highest BCUT2D eigenvalue weighted by molar-refractivity contribution is 6.31. The SMILES string of the molecule is COC(=O)c1[nH]c2ccc(Cl)cc2c1NC(=O)C(C)N1CCN(c2cccc(OC)c2)C(C)C1. The molecular formula is C25H29ClN4O4. The number of piperazine rings is 1. The van der Waals surface area contributed by atoms with Gasteiger partial charge in [-0.3, -0.25) is 9.69 Å². The Morgan fingerprint density at radius 1 is 1.18 bits per heavy atom. The van der Waals surface area contributed by atoms with Gasteiger partial charge in [0.1, 0.15) is 11.4 Å². The van der Waals surface area contributed by atoms with E-state index in [1.165, 1.54) is 7.11 Å². The quantitative estimate of drug-likeness (QED) is 0.511. The van der Waals surface area contributed by atoms with Gasteiger partial charge in [-0.2, -0.15) is 0 Å². The number of fused-ring (bicyclic) bond motifs is 1. The van der Waals surface area contributed by atoms with Crippen molar-refractivity contribution in [2.45, 2.75) is 25.9 Å². The Kier molecular flexibility index (Phi) is 7.00. The number of ether oxygens (including phenoxy) is 2. The molecule has 0 spiro atoms. The van der Waals surface area contributed by atoms with Gasteiger partial charge < -0.3 is 24.7 Å². The number of nitrogens with one attached hydrogen (secondary N) is 2. The minimum Gasteiger partial charge on any atom is -0.497 e. The molecule has 0 aliphatic carbocycles.